The molecule has 96 valence electrons. The molecule has 0 saturated carbocycles. The van der Waals surface area contributed by atoms with E-state index in [4.69, 9.17) is 5.11 Å². The minimum Gasteiger partial charge on any atom is -0.395 e. The molecule has 0 unspecified atom stereocenters. The molecule has 0 aromatic carbocycles. The molecule has 3 heteroatoms. The number of rotatable bonds is 8. The number of nitrogens with zero attached hydrogens (tertiary/aromatic N) is 1. The van der Waals surface area contributed by atoms with E-state index in [2.05, 4.69) is 11.8 Å². The van der Waals surface area contributed by atoms with Gasteiger partial charge in [-0.25, -0.2) is 0 Å². The van der Waals surface area contributed by atoms with Crippen molar-refractivity contribution < 1.29 is 9.90 Å². The van der Waals surface area contributed by atoms with Crippen LogP contribution in [0.2, 0.25) is 0 Å². The van der Waals surface area contributed by atoms with Crippen LogP contribution in [0, 0.1) is 5.41 Å². The van der Waals surface area contributed by atoms with Crippen molar-refractivity contribution in [3.05, 3.63) is 0 Å². The molecule has 3 nitrogen and oxygen atoms in total. The Hall–Kier alpha value is -0.410. The molecule has 0 amide bonds. The van der Waals surface area contributed by atoms with Gasteiger partial charge >= 0.3 is 0 Å². The lowest BCUT2D eigenvalue weighted by Gasteiger charge is -2.23. The van der Waals surface area contributed by atoms with Gasteiger partial charge in [-0.15, -0.1) is 0 Å². The fourth-order valence-electron chi connectivity index (χ4n) is 1.49. The molecule has 0 aliphatic carbocycles. The highest BCUT2D eigenvalue weighted by atomic mass is 16.3. The van der Waals surface area contributed by atoms with E-state index in [-0.39, 0.29) is 12.0 Å². The van der Waals surface area contributed by atoms with Gasteiger partial charge < -0.3 is 10.0 Å². The molecule has 0 radical (unpaired) electrons. The molecule has 0 aromatic heterocycles. The van der Waals surface area contributed by atoms with E-state index >= 15 is 0 Å². The lowest BCUT2D eigenvalue weighted by molar-refractivity contribution is -0.126. The number of Topliss-reactive ketones (excluding diaryl/α,β-unsaturated/α-hetero) is 1. The second kappa shape index (κ2) is 7.80. The third-order valence-electron chi connectivity index (χ3n) is 2.74. The Bertz CT molecular complexity index is 197. The molecule has 0 aliphatic rings. The monoisotopic (exact) mass is 229 g/mol. The number of aliphatic hydroxyl groups is 1. The minimum absolute atomic E-state index is 0.174. The van der Waals surface area contributed by atoms with Crippen LogP contribution in [0.5, 0.6) is 0 Å². The number of hydrogen-bond donors (Lipinski definition) is 1. The number of aliphatic hydroxyl groups excluding tert-OH is 1. The van der Waals surface area contributed by atoms with Gasteiger partial charge in [0.05, 0.1) is 6.61 Å². The molecule has 0 saturated heterocycles. The molecule has 0 aromatic rings. The Labute approximate surface area is 99.8 Å². The standard InChI is InChI=1S/C13H27NO2/c1-5-6-8-14(10-11-15)9-7-12(16)13(2,3)4/h15H,5-11H2,1-4H3. The predicted octanol–water partition coefficient (Wildman–Crippen LogP) is 2.09. The Balaban J connectivity index is 3.96. The first-order valence-electron chi connectivity index (χ1n) is 6.28. The number of unbranched alkanes of at least 4 members (excludes halogenated alkanes) is 1. The second-order valence-corrected chi connectivity index (χ2v) is 5.34. The van der Waals surface area contributed by atoms with Crippen molar-refractivity contribution in [1.29, 1.82) is 0 Å². The summed E-state index contributed by atoms with van der Waals surface area (Å²) in [5.41, 5.74) is -0.240. The van der Waals surface area contributed by atoms with Crippen LogP contribution >= 0.6 is 0 Å². The van der Waals surface area contributed by atoms with Crippen LogP contribution in [-0.4, -0.2) is 42.0 Å². The zero-order valence-corrected chi connectivity index (χ0v) is 11.3. The lowest BCUT2D eigenvalue weighted by atomic mass is 9.89. The summed E-state index contributed by atoms with van der Waals surface area (Å²) in [7, 11) is 0. The molecule has 0 aliphatic heterocycles. The summed E-state index contributed by atoms with van der Waals surface area (Å²) >= 11 is 0. The molecule has 0 bridgehead atoms. The molecule has 0 atom stereocenters. The van der Waals surface area contributed by atoms with Crippen LogP contribution in [-0.2, 0) is 4.79 Å². The van der Waals surface area contributed by atoms with Gasteiger partial charge in [0.25, 0.3) is 0 Å². The maximum atomic E-state index is 11.8. The average molecular weight is 229 g/mol. The fourth-order valence-corrected chi connectivity index (χ4v) is 1.49. The minimum atomic E-state index is -0.240. The van der Waals surface area contributed by atoms with Gasteiger partial charge in [0.1, 0.15) is 5.78 Å². The third-order valence-corrected chi connectivity index (χ3v) is 2.74. The van der Waals surface area contributed by atoms with Gasteiger partial charge in [0, 0.05) is 24.9 Å². The van der Waals surface area contributed by atoms with Gasteiger partial charge in [-0.2, -0.15) is 0 Å². The SMILES string of the molecule is CCCCN(CCO)CCC(=O)C(C)(C)C. The molecule has 0 spiro atoms. The van der Waals surface area contributed by atoms with Gasteiger partial charge in [0.2, 0.25) is 0 Å². The summed E-state index contributed by atoms with van der Waals surface area (Å²) in [5, 5.41) is 8.93. The average Bonchev–Trinajstić information content (AvgIpc) is 2.20. The van der Waals surface area contributed by atoms with E-state index in [9.17, 15) is 4.79 Å². The van der Waals surface area contributed by atoms with E-state index in [0.717, 1.165) is 25.9 Å². The van der Waals surface area contributed by atoms with Crippen LogP contribution in [0.4, 0.5) is 0 Å². The summed E-state index contributed by atoms with van der Waals surface area (Å²) in [6.45, 7) is 10.6. The zero-order valence-electron chi connectivity index (χ0n) is 11.3. The lowest BCUT2D eigenvalue weighted by Crippen LogP contribution is -2.32. The first-order chi connectivity index (χ1) is 7.41. The second-order valence-electron chi connectivity index (χ2n) is 5.34. The highest BCUT2D eigenvalue weighted by Gasteiger charge is 2.21. The van der Waals surface area contributed by atoms with E-state index < -0.39 is 0 Å². The summed E-state index contributed by atoms with van der Waals surface area (Å²) in [4.78, 5) is 13.9. The van der Waals surface area contributed by atoms with Crippen molar-refractivity contribution in [2.24, 2.45) is 5.41 Å². The largest absolute Gasteiger partial charge is 0.395 e. The zero-order chi connectivity index (χ0) is 12.6. The third kappa shape index (κ3) is 6.96. The molecule has 1 N–H and O–H groups in total. The van der Waals surface area contributed by atoms with Gasteiger partial charge in [-0.1, -0.05) is 34.1 Å². The topological polar surface area (TPSA) is 40.5 Å². The van der Waals surface area contributed by atoms with Gasteiger partial charge in [-0.05, 0) is 13.0 Å². The maximum absolute atomic E-state index is 11.8. The molecule has 0 heterocycles. The van der Waals surface area contributed by atoms with E-state index in [1.165, 1.54) is 0 Å². The van der Waals surface area contributed by atoms with Crippen LogP contribution in [0.3, 0.4) is 0 Å². The summed E-state index contributed by atoms with van der Waals surface area (Å²) in [5.74, 6) is 0.298. The smallest absolute Gasteiger partial charge is 0.139 e. The van der Waals surface area contributed by atoms with Crippen LogP contribution in [0.1, 0.15) is 47.0 Å². The first-order valence-corrected chi connectivity index (χ1v) is 6.28. The number of carbonyl (C=O) groups is 1. The Morgan fingerprint density at radius 3 is 2.25 bits per heavy atom. The van der Waals surface area contributed by atoms with E-state index in [1.54, 1.807) is 0 Å². The molecular weight excluding hydrogens is 202 g/mol. The fraction of sp³-hybridized carbons (Fsp3) is 0.923. The van der Waals surface area contributed by atoms with Crippen molar-refractivity contribution in [2.75, 3.05) is 26.2 Å². The summed E-state index contributed by atoms with van der Waals surface area (Å²) in [6, 6.07) is 0. The first kappa shape index (κ1) is 15.6. The Morgan fingerprint density at radius 1 is 1.19 bits per heavy atom. The number of ketones is 1. The molecule has 0 fully saturated rings. The van der Waals surface area contributed by atoms with E-state index in [0.29, 0.717) is 18.7 Å². The van der Waals surface area contributed by atoms with Crippen molar-refractivity contribution in [3.8, 4) is 0 Å². The maximum Gasteiger partial charge on any atom is 0.139 e. The molecule has 16 heavy (non-hydrogen) atoms. The van der Waals surface area contributed by atoms with Crippen LogP contribution < -0.4 is 0 Å². The highest BCUT2D eigenvalue weighted by Crippen LogP contribution is 2.16. The predicted molar refractivity (Wildman–Crippen MR) is 67.5 cm³/mol. The Kier molecular flexibility index (Phi) is 7.60. The molecular formula is C13H27NO2. The molecule has 0 rings (SSSR count). The van der Waals surface area contributed by atoms with Crippen LogP contribution in [0.15, 0.2) is 0 Å². The van der Waals surface area contributed by atoms with E-state index in [1.807, 2.05) is 20.8 Å². The van der Waals surface area contributed by atoms with Crippen molar-refractivity contribution in [2.45, 2.75) is 47.0 Å². The normalized spacial score (nSPS) is 12.1. The van der Waals surface area contributed by atoms with Gasteiger partial charge in [-0.3, -0.25) is 4.79 Å². The number of carbonyl (C=O) groups excluding carboxylic acids is 1. The van der Waals surface area contributed by atoms with Gasteiger partial charge in [0.15, 0.2) is 0 Å². The summed E-state index contributed by atoms with van der Waals surface area (Å²) in [6.07, 6.45) is 2.87. The number of hydrogen-bond acceptors (Lipinski definition) is 3. The van der Waals surface area contributed by atoms with Crippen LogP contribution in [0.25, 0.3) is 0 Å². The summed E-state index contributed by atoms with van der Waals surface area (Å²) < 4.78 is 0. The van der Waals surface area contributed by atoms with Crippen molar-refractivity contribution >= 4 is 5.78 Å². The Morgan fingerprint density at radius 2 is 1.81 bits per heavy atom. The highest BCUT2D eigenvalue weighted by molar-refractivity contribution is 5.83. The van der Waals surface area contributed by atoms with Crippen molar-refractivity contribution in [1.82, 2.24) is 4.90 Å². The van der Waals surface area contributed by atoms with Crippen molar-refractivity contribution in [3.63, 3.8) is 0 Å². The quantitative estimate of drug-likeness (QED) is 0.693.